The third-order valence-electron chi connectivity index (χ3n) is 7.92. The maximum atomic E-state index is 13.8. The van der Waals surface area contributed by atoms with Gasteiger partial charge in [0.1, 0.15) is 6.04 Å². The van der Waals surface area contributed by atoms with Crippen molar-refractivity contribution in [3.63, 3.8) is 0 Å². The number of carbonyl (C=O) groups is 2. The molecule has 208 valence electrons. The van der Waals surface area contributed by atoms with Gasteiger partial charge in [0.2, 0.25) is 5.91 Å². The van der Waals surface area contributed by atoms with Gasteiger partial charge in [-0.05, 0) is 67.7 Å². The second-order valence-electron chi connectivity index (χ2n) is 11.1. The van der Waals surface area contributed by atoms with Crippen LogP contribution in [0.4, 0.5) is 10.5 Å². The molecule has 3 amide bonds. The van der Waals surface area contributed by atoms with E-state index in [1.807, 2.05) is 86.7 Å². The molecular weight excluding hydrogens is 498 g/mol. The van der Waals surface area contributed by atoms with Crippen molar-refractivity contribution in [1.82, 2.24) is 20.1 Å². The van der Waals surface area contributed by atoms with E-state index in [0.29, 0.717) is 19.0 Å². The maximum absolute atomic E-state index is 13.8. The van der Waals surface area contributed by atoms with E-state index < -0.39 is 6.04 Å². The van der Waals surface area contributed by atoms with E-state index in [2.05, 4.69) is 44.8 Å². The Balaban J connectivity index is 1.34. The van der Waals surface area contributed by atoms with E-state index in [4.69, 9.17) is 0 Å². The molecule has 0 radical (unpaired) electrons. The molecule has 1 aliphatic heterocycles. The van der Waals surface area contributed by atoms with Crippen LogP contribution in [0.25, 0.3) is 10.9 Å². The lowest BCUT2D eigenvalue weighted by Gasteiger charge is -2.34. The lowest BCUT2D eigenvalue weighted by molar-refractivity contribution is -0.118. The quantitative estimate of drug-likeness (QED) is 0.261. The number of H-pyrrole nitrogens is 1. The van der Waals surface area contributed by atoms with Crippen molar-refractivity contribution >= 4 is 28.5 Å². The molecule has 4 aromatic rings. The molecule has 2 atom stereocenters. The summed E-state index contributed by atoms with van der Waals surface area (Å²) in [6.07, 6.45) is 3.76. The molecule has 5 rings (SSSR count). The van der Waals surface area contributed by atoms with E-state index in [0.717, 1.165) is 47.1 Å². The highest BCUT2D eigenvalue weighted by molar-refractivity contribution is 5.98. The molecule has 40 heavy (non-hydrogen) atoms. The second kappa shape index (κ2) is 12.4. The highest BCUT2D eigenvalue weighted by Gasteiger charge is 2.32. The minimum absolute atomic E-state index is 0.195. The monoisotopic (exact) mass is 537 g/mol. The number of aromatic nitrogens is 1. The normalized spacial score (nSPS) is 15.7. The molecule has 1 aliphatic rings. The third kappa shape index (κ3) is 6.37. The molecule has 0 saturated carbocycles. The lowest BCUT2D eigenvalue weighted by atomic mass is 9.89. The van der Waals surface area contributed by atoms with Crippen LogP contribution in [0.2, 0.25) is 0 Å². The molecule has 3 aromatic carbocycles. The average Bonchev–Trinajstić information content (AvgIpc) is 3.40. The Morgan fingerprint density at radius 1 is 0.975 bits per heavy atom. The van der Waals surface area contributed by atoms with E-state index in [-0.39, 0.29) is 17.9 Å². The molecule has 2 heterocycles. The number of amides is 3. The first kappa shape index (κ1) is 27.5. The summed E-state index contributed by atoms with van der Waals surface area (Å²) in [7, 11) is 4.03. The number of nitrogens with zero attached hydrogens (tertiary/aromatic N) is 2. The molecule has 1 aromatic heterocycles. The van der Waals surface area contributed by atoms with Gasteiger partial charge < -0.3 is 25.4 Å². The van der Waals surface area contributed by atoms with Gasteiger partial charge in [0.05, 0.1) is 0 Å². The Bertz CT molecular complexity index is 1440. The summed E-state index contributed by atoms with van der Waals surface area (Å²) in [5.74, 6) is -0.0387. The molecule has 0 aliphatic carbocycles. The Hall–Kier alpha value is -4.10. The zero-order valence-electron chi connectivity index (χ0n) is 23.6. The number of likely N-dealkylation sites (tertiary alicyclic amines) is 1. The topological polar surface area (TPSA) is 80.5 Å². The van der Waals surface area contributed by atoms with Gasteiger partial charge in [-0.3, -0.25) is 4.79 Å². The van der Waals surface area contributed by atoms with Crippen LogP contribution in [0.1, 0.15) is 48.3 Å². The molecule has 0 bridgehead atoms. The van der Waals surface area contributed by atoms with E-state index in [1.165, 1.54) is 5.56 Å². The van der Waals surface area contributed by atoms with Crippen molar-refractivity contribution < 1.29 is 9.59 Å². The van der Waals surface area contributed by atoms with Crippen molar-refractivity contribution in [2.45, 2.75) is 44.2 Å². The number of hydrogen-bond donors (Lipinski definition) is 3. The average molecular weight is 538 g/mol. The number of carbonyl (C=O) groups excluding carboxylic acids is 2. The van der Waals surface area contributed by atoms with Gasteiger partial charge in [0.25, 0.3) is 0 Å². The van der Waals surface area contributed by atoms with Gasteiger partial charge in [-0.25, -0.2) is 4.79 Å². The number of piperidine rings is 1. The summed E-state index contributed by atoms with van der Waals surface area (Å²) in [5.41, 5.74) is 5.16. The molecule has 1 saturated heterocycles. The molecule has 0 unspecified atom stereocenters. The molecule has 1 fully saturated rings. The smallest absolute Gasteiger partial charge is 0.318 e. The van der Waals surface area contributed by atoms with Crippen LogP contribution < -0.4 is 10.6 Å². The van der Waals surface area contributed by atoms with Crippen LogP contribution in [-0.4, -0.2) is 59.9 Å². The Kier molecular flexibility index (Phi) is 8.51. The van der Waals surface area contributed by atoms with Crippen LogP contribution in [0, 0.1) is 0 Å². The standard InChI is InChI=1S/C33H39N5O2/c1-23(29-21-34-30-15-8-7-14-28(29)30)31(32(39)35-27-13-9-10-24(20-27)22-37(2)3)36-33(40)38-18-16-26(17-19-38)25-11-5-4-6-12-25/h4-15,20-21,23,26,31,34H,16-19,22H2,1-3H3,(H,35,39)(H,36,40)/t23-,31-/m0/s1. The van der Waals surface area contributed by atoms with Gasteiger partial charge in [-0.1, -0.05) is 67.6 Å². The van der Waals surface area contributed by atoms with Crippen molar-refractivity contribution in [1.29, 1.82) is 0 Å². The third-order valence-corrected chi connectivity index (χ3v) is 7.92. The fourth-order valence-electron chi connectivity index (χ4n) is 5.77. The first-order chi connectivity index (χ1) is 19.4. The first-order valence-electron chi connectivity index (χ1n) is 14.1. The van der Waals surface area contributed by atoms with Gasteiger partial charge in [0.15, 0.2) is 0 Å². The number of rotatable bonds is 8. The SMILES string of the molecule is C[C@@H](c1c[nH]c2ccccc12)[C@H](NC(=O)N1CCC(c2ccccc2)CC1)C(=O)Nc1cccc(CN(C)C)c1. The number of anilines is 1. The van der Waals surface area contributed by atoms with Crippen molar-refractivity contribution in [2.24, 2.45) is 0 Å². The van der Waals surface area contributed by atoms with Gasteiger partial charge in [-0.2, -0.15) is 0 Å². The van der Waals surface area contributed by atoms with Gasteiger partial charge in [-0.15, -0.1) is 0 Å². The number of benzene rings is 3. The molecule has 0 spiro atoms. The maximum Gasteiger partial charge on any atom is 0.318 e. The number of hydrogen-bond acceptors (Lipinski definition) is 3. The molecular formula is C33H39N5O2. The second-order valence-corrected chi connectivity index (χ2v) is 11.1. The van der Waals surface area contributed by atoms with Gasteiger partial charge in [0, 0.05) is 48.3 Å². The Morgan fingerprint density at radius 2 is 1.70 bits per heavy atom. The van der Waals surface area contributed by atoms with Crippen LogP contribution in [0.5, 0.6) is 0 Å². The van der Waals surface area contributed by atoms with Gasteiger partial charge >= 0.3 is 6.03 Å². The predicted octanol–water partition coefficient (Wildman–Crippen LogP) is 5.93. The zero-order chi connectivity index (χ0) is 28.1. The van der Waals surface area contributed by atoms with E-state index in [9.17, 15) is 9.59 Å². The summed E-state index contributed by atoms with van der Waals surface area (Å²) in [5, 5.41) is 7.25. The lowest BCUT2D eigenvalue weighted by Crippen LogP contribution is -2.53. The highest BCUT2D eigenvalue weighted by Crippen LogP contribution is 2.30. The number of para-hydroxylation sites is 1. The highest BCUT2D eigenvalue weighted by atomic mass is 16.2. The summed E-state index contributed by atoms with van der Waals surface area (Å²) in [6.45, 7) is 4.10. The Labute approximate surface area is 236 Å². The van der Waals surface area contributed by atoms with E-state index in [1.54, 1.807) is 0 Å². The predicted molar refractivity (Wildman–Crippen MR) is 161 cm³/mol. The number of fused-ring (bicyclic) bond motifs is 1. The molecule has 3 N–H and O–H groups in total. The summed E-state index contributed by atoms with van der Waals surface area (Å²) >= 11 is 0. The first-order valence-corrected chi connectivity index (χ1v) is 14.1. The van der Waals surface area contributed by atoms with Crippen molar-refractivity contribution in [3.8, 4) is 0 Å². The number of urea groups is 1. The number of nitrogens with one attached hydrogen (secondary N) is 3. The fraction of sp³-hybridized carbons (Fsp3) is 0.333. The number of aromatic amines is 1. The van der Waals surface area contributed by atoms with Crippen LogP contribution in [0.15, 0.2) is 85.1 Å². The van der Waals surface area contributed by atoms with Crippen LogP contribution >= 0.6 is 0 Å². The minimum Gasteiger partial charge on any atom is -0.361 e. The van der Waals surface area contributed by atoms with Crippen molar-refractivity contribution in [2.75, 3.05) is 32.5 Å². The van der Waals surface area contributed by atoms with Crippen LogP contribution in [0.3, 0.4) is 0 Å². The van der Waals surface area contributed by atoms with Crippen molar-refractivity contribution in [3.05, 3.63) is 102 Å². The molecule has 7 nitrogen and oxygen atoms in total. The largest absolute Gasteiger partial charge is 0.361 e. The Morgan fingerprint density at radius 3 is 2.45 bits per heavy atom. The van der Waals surface area contributed by atoms with Crippen LogP contribution in [-0.2, 0) is 11.3 Å². The zero-order valence-corrected chi connectivity index (χ0v) is 23.6. The van der Waals surface area contributed by atoms with E-state index >= 15 is 0 Å². The molecule has 7 heteroatoms. The summed E-state index contributed by atoms with van der Waals surface area (Å²) in [4.78, 5) is 34.6. The minimum atomic E-state index is -0.754. The fourth-order valence-corrected chi connectivity index (χ4v) is 5.77. The summed E-state index contributed by atoms with van der Waals surface area (Å²) in [6, 6.07) is 25.5. The summed E-state index contributed by atoms with van der Waals surface area (Å²) < 4.78 is 0.